The zero-order chi connectivity index (χ0) is 11.4. The molecule has 1 atom stereocenters. The van der Waals surface area contributed by atoms with Gasteiger partial charge in [-0.05, 0) is 37.0 Å². The molecule has 1 N–H and O–H groups in total. The molecule has 1 aromatic rings. The summed E-state index contributed by atoms with van der Waals surface area (Å²) in [4.78, 5) is 0. The monoisotopic (exact) mass is 225 g/mol. The van der Waals surface area contributed by atoms with E-state index in [1.165, 1.54) is 5.56 Å². The molecule has 1 aromatic carbocycles. The third kappa shape index (κ3) is 3.42. The molecular formula is C13H20ClN. The van der Waals surface area contributed by atoms with E-state index in [1.807, 2.05) is 12.1 Å². The number of rotatable bonds is 4. The fourth-order valence-corrected chi connectivity index (χ4v) is 1.86. The maximum atomic E-state index is 6.14. The molecule has 0 aliphatic carbocycles. The highest BCUT2D eigenvalue weighted by Gasteiger charge is 2.11. The minimum absolute atomic E-state index is 0.490. The van der Waals surface area contributed by atoms with E-state index in [0.717, 1.165) is 17.1 Å². The number of halogens is 1. The van der Waals surface area contributed by atoms with Gasteiger partial charge >= 0.3 is 0 Å². The van der Waals surface area contributed by atoms with E-state index in [1.54, 1.807) is 0 Å². The summed E-state index contributed by atoms with van der Waals surface area (Å²) >= 11 is 6.14. The lowest BCUT2D eigenvalue weighted by atomic mass is 10.0. The summed E-state index contributed by atoms with van der Waals surface area (Å²) in [6.45, 7) is 8.73. The van der Waals surface area contributed by atoms with E-state index in [4.69, 9.17) is 11.6 Å². The molecule has 0 aromatic heterocycles. The van der Waals surface area contributed by atoms with Crippen LogP contribution in [-0.4, -0.2) is 6.04 Å². The van der Waals surface area contributed by atoms with Gasteiger partial charge in [0.05, 0.1) is 10.7 Å². The lowest BCUT2D eigenvalue weighted by molar-refractivity contribution is 0.511. The van der Waals surface area contributed by atoms with E-state index >= 15 is 0 Å². The van der Waals surface area contributed by atoms with Crippen LogP contribution in [0.3, 0.4) is 0 Å². The van der Waals surface area contributed by atoms with E-state index in [2.05, 4.69) is 39.1 Å². The fourth-order valence-electron chi connectivity index (χ4n) is 1.69. The maximum Gasteiger partial charge on any atom is 0.0637 e. The maximum absolute atomic E-state index is 6.14. The summed E-state index contributed by atoms with van der Waals surface area (Å²) in [5.41, 5.74) is 2.29. The van der Waals surface area contributed by atoms with Gasteiger partial charge < -0.3 is 5.32 Å². The number of hydrogen-bond acceptors (Lipinski definition) is 1. The van der Waals surface area contributed by atoms with Crippen molar-refractivity contribution < 1.29 is 0 Å². The molecule has 0 bridgehead atoms. The molecule has 0 heterocycles. The normalized spacial score (nSPS) is 12.9. The molecule has 0 radical (unpaired) electrons. The highest BCUT2D eigenvalue weighted by molar-refractivity contribution is 6.33. The zero-order valence-corrected chi connectivity index (χ0v) is 10.7. The molecule has 0 spiro atoms. The summed E-state index contributed by atoms with van der Waals surface area (Å²) in [6.07, 6.45) is 1.11. The van der Waals surface area contributed by atoms with Crippen LogP contribution in [0.1, 0.15) is 32.8 Å². The Balaban J connectivity index is 2.82. The van der Waals surface area contributed by atoms with Crippen molar-refractivity contribution in [1.82, 2.24) is 0 Å². The molecule has 15 heavy (non-hydrogen) atoms. The summed E-state index contributed by atoms with van der Waals surface area (Å²) in [6, 6.07) is 6.58. The average Bonchev–Trinajstić information content (AvgIpc) is 2.18. The van der Waals surface area contributed by atoms with Gasteiger partial charge in [0.2, 0.25) is 0 Å². The van der Waals surface area contributed by atoms with Gasteiger partial charge in [-0.25, -0.2) is 0 Å². The minimum atomic E-state index is 0.490. The van der Waals surface area contributed by atoms with Crippen molar-refractivity contribution in [1.29, 1.82) is 0 Å². The van der Waals surface area contributed by atoms with E-state index in [9.17, 15) is 0 Å². The van der Waals surface area contributed by atoms with Crippen LogP contribution in [0.4, 0.5) is 5.69 Å². The van der Waals surface area contributed by atoms with Gasteiger partial charge in [-0.3, -0.25) is 0 Å². The Bertz CT molecular complexity index is 320. The quantitative estimate of drug-likeness (QED) is 0.796. The lowest BCUT2D eigenvalue weighted by Crippen LogP contribution is -2.24. The number of aryl methyl sites for hydroxylation is 1. The Labute approximate surface area is 97.8 Å². The molecule has 1 nitrogen and oxygen atoms in total. The van der Waals surface area contributed by atoms with E-state index in [0.29, 0.717) is 12.0 Å². The molecule has 0 fully saturated rings. The topological polar surface area (TPSA) is 12.0 Å². The molecule has 0 saturated heterocycles. The largest absolute Gasteiger partial charge is 0.381 e. The first-order valence-electron chi connectivity index (χ1n) is 5.57. The first kappa shape index (κ1) is 12.4. The van der Waals surface area contributed by atoms with Crippen LogP contribution in [0.2, 0.25) is 5.02 Å². The second kappa shape index (κ2) is 5.41. The van der Waals surface area contributed by atoms with Crippen LogP contribution in [0.25, 0.3) is 0 Å². The predicted molar refractivity (Wildman–Crippen MR) is 68.7 cm³/mol. The van der Waals surface area contributed by atoms with Gasteiger partial charge in [-0.15, -0.1) is 0 Å². The van der Waals surface area contributed by atoms with E-state index < -0.39 is 0 Å². The van der Waals surface area contributed by atoms with Gasteiger partial charge in [-0.1, -0.05) is 38.4 Å². The molecule has 0 aliphatic rings. The summed E-state index contributed by atoms with van der Waals surface area (Å²) < 4.78 is 0. The molecular weight excluding hydrogens is 206 g/mol. The van der Waals surface area contributed by atoms with Crippen molar-refractivity contribution >= 4 is 17.3 Å². The van der Waals surface area contributed by atoms with Gasteiger partial charge in [0.25, 0.3) is 0 Å². The third-order valence-electron chi connectivity index (χ3n) is 2.71. The Morgan fingerprint density at radius 3 is 2.53 bits per heavy atom. The Kier molecular flexibility index (Phi) is 4.46. The molecule has 84 valence electrons. The van der Waals surface area contributed by atoms with Crippen LogP contribution in [-0.2, 0) is 0 Å². The first-order valence-corrected chi connectivity index (χ1v) is 5.95. The molecule has 1 rings (SSSR count). The number of nitrogens with one attached hydrogen (secondary N) is 1. The Morgan fingerprint density at radius 1 is 1.33 bits per heavy atom. The van der Waals surface area contributed by atoms with Gasteiger partial charge in [0, 0.05) is 6.04 Å². The number of benzene rings is 1. The Hall–Kier alpha value is -0.690. The number of hydrogen-bond donors (Lipinski definition) is 1. The van der Waals surface area contributed by atoms with Crippen LogP contribution >= 0.6 is 11.6 Å². The SMILES string of the molecule is CCC(Nc1cc(C)ccc1Cl)C(C)C. The lowest BCUT2D eigenvalue weighted by Gasteiger charge is -2.22. The minimum Gasteiger partial charge on any atom is -0.381 e. The van der Waals surface area contributed by atoms with Gasteiger partial charge in [0.15, 0.2) is 0 Å². The van der Waals surface area contributed by atoms with Crippen molar-refractivity contribution in [2.45, 2.75) is 40.2 Å². The Morgan fingerprint density at radius 2 is 2.00 bits per heavy atom. The van der Waals surface area contributed by atoms with Crippen molar-refractivity contribution in [3.63, 3.8) is 0 Å². The second-order valence-corrected chi connectivity index (χ2v) is 4.79. The molecule has 0 amide bonds. The zero-order valence-electron chi connectivity index (χ0n) is 9.97. The number of anilines is 1. The molecule has 2 heteroatoms. The van der Waals surface area contributed by atoms with Crippen molar-refractivity contribution in [2.24, 2.45) is 5.92 Å². The fraction of sp³-hybridized carbons (Fsp3) is 0.538. The molecule has 0 saturated carbocycles. The highest BCUT2D eigenvalue weighted by atomic mass is 35.5. The highest BCUT2D eigenvalue weighted by Crippen LogP contribution is 2.25. The summed E-state index contributed by atoms with van der Waals surface area (Å²) in [5, 5.41) is 4.31. The summed E-state index contributed by atoms with van der Waals surface area (Å²) in [7, 11) is 0. The van der Waals surface area contributed by atoms with Gasteiger partial charge in [0.1, 0.15) is 0 Å². The summed E-state index contributed by atoms with van der Waals surface area (Å²) in [5.74, 6) is 0.617. The first-order chi connectivity index (χ1) is 7.04. The average molecular weight is 226 g/mol. The second-order valence-electron chi connectivity index (χ2n) is 4.39. The van der Waals surface area contributed by atoms with Crippen LogP contribution < -0.4 is 5.32 Å². The predicted octanol–water partition coefficient (Wildman–Crippen LogP) is 4.49. The smallest absolute Gasteiger partial charge is 0.0637 e. The van der Waals surface area contributed by atoms with Crippen molar-refractivity contribution in [3.8, 4) is 0 Å². The van der Waals surface area contributed by atoms with Crippen LogP contribution in [0.5, 0.6) is 0 Å². The molecule has 1 unspecified atom stereocenters. The van der Waals surface area contributed by atoms with Gasteiger partial charge in [-0.2, -0.15) is 0 Å². The third-order valence-corrected chi connectivity index (χ3v) is 3.04. The van der Waals surface area contributed by atoms with Crippen LogP contribution in [0, 0.1) is 12.8 Å². The molecule has 0 aliphatic heterocycles. The van der Waals surface area contributed by atoms with Crippen molar-refractivity contribution in [2.75, 3.05) is 5.32 Å². The standard InChI is InChI=1S/C13H20ClN/c1-5-12(9(2)3)15-13-8-10(4)6-7-11(13)14/h6-9,12,15H,5H2,1-4H3. The van der Waals surface area contributed by atoms with Crippen LogP contribution in [0.15, 0.2) is 18.2 Å². The van der Waals surface area contributed by atoms with E-state index in [-0.39, 0.29) is 0 Å². The van der Waals surface area contributed by atoms with Crippen molar-refractivity contribution in [3.05, 3.63) is 28.8 Å².